The van der Waals surface area contributed by atoms with Crippen LogP contribution in [0.4, 0.5) is 8.78 Å². The topological polar surface area (TPSA) is 102 Å². The van der Waals surface area contributed by atoms with Crippen molar-refractivity contribution in [3.63, 3.8) is 0 Å². The minimum absolute atomic E-state index is 0.0836. The number of allylic oxidation sites excluding steroid dienone is 1. The summed E-state index contributed by atoms with van der Waals surface area (Å²) >= 11 is 0.966. The normalized spacial score (nSPS) is 21.0. The molecule has 2 heterocycles. The zero-order chi connectivity index (χ0) is 31.2. The summed E-state index contributed by atoms with van der Waals surface area (Å²) in [6, 6.07) is 9.26. The Morgan fingerprint density at radius 3 is 2.51 bits per heavy atom. The number of nitrogens with one attached hydrogen (secondary N) is 2. The SMILES string of the molecule is Cc1cccc(C)c1-c1cc(F)c(F)c([C@H](CC(=O)O)NC(=O)[C@@H]2[C@@H]3C(CN2C(=O)c2ccc(/C=C\[CH]=[In])[nH]2)C3(C)C)c1. The Hall–Kier alpha value is -3.53. The molecule has 3 N–H and O–H groups in total. The number of fused-ring (bicyclic) bond motifs is 1. The Kier molecular flexibility index (Phi) is 8.53. The summed E-state index contributed by atoms with van der Waals surface area (Å²) in [7, 11) is 0. The molecule has 1 aromatic heterocycles. The average Bonchev–Trinajstić information content (AvgIpc) is 3.34. The molecule has 3 aromatic rings. The second-order valence-corrected chi connectivity index (χ2v) is 13.1. The third-order valence-corrected chi connectivity index (χ3v) is 9.59. The summed E-state index contributed by atoms with van der Waals surface area (Å²) < 4.78 is 32.4. The first kappa shape index (κ1) is 30.9. The summed E-state index contributed by atoms with van der Waals surface area (Å²) in [4.78, 5) is 44.1. The molecule has 1 aliphatic heterocycles. The van der Waals surface area contributed by atoms with Gasteiger partial charge in [0.2, 0.25) is 0 Å². The smallest absolute Gasteiger partial charge is 0.0459 e. The number of hydrogen-bond donors (Lipinski definition) is 3. The van der Waals surface area contributed by atoms with E-state index in [1.807, 2.05) is 61.8 Å². The van der Waals surface area contributed by atoms with Gasteiger partial charge in [-0.2, -0.15) is 0 Å². The van der Waals surface area contributed by atoms with Crippen LogP contribution in [-0.2, 0) is 9.59 Å². The van der Waals surface area contributed by atoms with E-state index in [1.54, 1.807) is 12.1 Å². The number of amides is 2. The molecular weight excluding hydrogens is 655 g/mol. The van der Waals surface area contributed by atoms with E-state index in [-0.39, 0.29) is 28.7 Å². The molecule has 0 spiro atoms. The third kappa shape index (κ3) is 5.86. The van der Waals surface area contributed by atoms with E-state index in [0.29, 0.717) is 23.4 Å². The summed E-state index contributed by atoms with van der Waals surface area (Å²) in [5.74, 6) is -4.65. The molecule has 1 saturated carbocycles. The van der Waals surface area contributed by atoms with Crippen LogP contribution in [0.2, 0.25) is 0 Å². The number of carboxylic acid groups (broad SMARTS) is 1. The minimum Gasteiger partial charge on any atom is -0.0459 e. The molecule has 2 fully saturated rings. The van der Waals surface area contributed by atoms with Gasteiger partial charge in [0.15, 0.2) is 11.6 Å². The standard InChI is InChI=1S/C33H33F2N3O4.In/c1-6-8-20-11-12-24(36-20)32(42)38-16-22-28(33(22,4)5)30(38)31(41)37-25(15-26(39)40)21-13-19(14-23(34)29(21)35)27-17(2)9-7-10-18(27)3;/h1,6-14,22,25,28,30,36H,15-16H2,2-5H3,(H,37,41)(H,39,40);/b8-6-;/t22?,25-,28-,30-;/m0./s1. The van der Waals surface area contributed by atoms with Gasteiger partial charge in [0.1, 0.15) is 0 Å². The Balaban J connectivity index is 1.48. The van der Waals surface area contributed by atoms with Crippen LogP contribution in [0.1, 0.15) is 59.2 Å². The van der Waals surface area contributed by atoms with Crippen molar-refractivity contribution in [1.82, 2.24) is 15.2 Å². The second-order valence-electron chi connectivity index (χ2n) is 12.0. The Morgan fingerprint density at radius 1 is 1.16 bits per heavy atom. The van der Waals surface area contributed by atoms with Gasteiger partial charge in [-0.05, 0) is 48.2 Å². The maximum atomic E-state index is 15.4. The van der Waals surface area contributed by atoms with Crippen LogP contribution in [0, 0.1) is 42.7 Å². The Bertz CT molecular complexity index is 1640. The van der Waals surface area contributed by atoms with E-state index in [9.17, 15) is 19.5 Å². The Morgan fingerprint density at radius 2 is 1.86 bits per heavy atom. The van der Waals surface area contributed by atoms with E-state index >= 15 is 8.78 Å². The fraction of sp³-hybridized carbons (Fsp3) is 0.333. The number of H-pyrrole nitrogens is 1. The van der Waals surface area contributed by atoms with Crippen molar-refractivity contribution in [2.75, 3.05) is 6.54 Å². The molecule has 2 amide bonds. The molecule has 221 valence electrons. The number of benzene rings is 2. The van der Waals surface area contributed by atoms with E-state index < -0.39 is 42.0 Å². The van der Waals surface area contributed by atoms with Crippen LogP contribution in [0.25, 0.3) is 17.2 Å². The van der Waals surface area contributed by atoms with Crippen LogP contribution in [-0.4, -0.2) is 73.0 Å². The predicted octanol–water partition coefficient (Wildman–Crippen LogP) is 4.99. The first-order valence-electron chi connectivity index (χ1n) is 14.1. The summed E-state index contributed by atoms with van der Waals surface area (Å²) in [6.45, 7) is 8.13. The van der Waals surface area contributed by atoms with Crippen LogP contribution in [0.5, 0.6) is 0 Å². The molecule has 7 nitrogen and oxygen atoms in total. The van der Waals surface area contributed by atoms with Gasteiger partial charge in [0.05, 0.1) is 6.42 Å². The van der Waals surface area contributed by atoms with Gasteiger partial charge in [-0.3, -0.25) is 4.79 Å². The minimum atomic E-state index is -1.36. The molecule has 1 radical (unpaired) electrons. The number of aromatic nitrogens is 1. The number of carbonyl (C=O) groups is 3. The molecule has 4 atom stereocenters. The maximum absolute atomic E-state index is 15.4. The fourth-order valence-electron chi connectivity index (χ4n) is 6.69. The van der Waals surface area contributed by atoms with Gasteiger partial charge in [0, 0.05) is 5.56 Å². The molecule has 1 saturated heterocycles. The van der Waals surface area contributed by atoms with E-state index in [0.717, 1.165) is 46.8 Å². The van der Waals surface area contributed by atoms with Crippen LogP contribution in [0.15, 0.2) is 48.5 Å². The van der Waals surface area contributed by atoms with Gasteiger partial charge in [-0.15, -0.1) is 0 Å². The van der Waals surface area contributed by atoms with E-state index in [1.165, 1.54) is 11.0 Å². The monoisotopic (exact) mass is 688 g/mol. The number of aliphatic carboxylic acids is 1. The number of aromatic amines is 1. The molecule has 0 bridgehead atoms. The first-order valence-corrected chi connectivity index (χ1v) is 16.0. The van der Waals surface area contributed by atoms with Crippen molar-refractivity contribution in [2.45, 2.75) is 46.2 Å². The first-order chi connectivity index (χ1) is 20.3. The predicted molar refractivity (Wildman–Crippen MR) is 162 cm³/mol. The average molecular weight is 688 g/mol. The number of hydrogen-bond acceptors (Lipinski definition) is 3. The number of rotatable bonds is 9. The number of likely N-dealkylation sites (tertiary alicyclic amines) is 1. The quantitative estimate of drug-likeness (QED) is 0.295. The number of nitrogens with zero attached hydrogens (tertiary/aromatic N) is 1. The molecule has 10 heteroatoms. The molecule has 5 rings (SSSR count). The molecule has 1 aliphatic carbocycles. The van der Waals surface area contributed by atoms with Crippen molar-refractivity contribution in [3.8, 4) is 11.1 Å². The number of aryl methyl sites for hydroxylation is 2. The third-order valence-electron chi connectivity index (χ3n) is 8.96. The van der Waals surface area contributed by atoms with Crippen LogP contribution >= 0.6 is 0 Å². The van der Waals surface area contributed by atoms with Crippen LogP contribution in [0.3, 0.4) is 0 Å². The molecule has 1 unspecified atom stereocenters. The van der Waals surface area contributed by atoms with E-state index in [4.69, 9.17) is 0 Å². The van der Waals surface area contributed by atoms with E-state index in [2.05, 4.69) is 10.3 Å². The summed E-state index contributed by atoms with van der Waals surface area (Å²) in [6.07, 6.45) is 3.08. The van der Waals surface area contributed by atoms with Crippen molar-refractivity contribution < 1.29 is 28.3 Å². The molecular formula is C33H33F2InN3O4. The van der Waals surface area contributed by atoms with Crippen LogP contribution < -0.4 is 5.32 Å². The van der Waals surface area contributed by atoms with Gasteiger partial charge in [-0.1, -0.05) is 18.2 Å². The number of carboxylic acids is 1. The molecule has 43 heavy (non-hydrogen) atoms. The number of carbonyl (C=O) groups excluding carboxylic acids is 2. The van der Waals surface area contributed by atoms with Gasteiger partial charge in [0.25, 0.3) is 0 Å². The van der Waals surface area contributed by atoms with Crippen molar-refractivity contribution in [2.24, 2.45) is 17.3 Å². The van der Waals surface area contributed by atoms with Gasteiger partial charge in [-0.25, -0.2) is 8.78 Å². The Labute approximate surface area is 263 Å². The molecule has 2 aromatic carbocycles. The summed E-state index contributed by atoms with van der Waals surface area (Å²) in [5, 5.41) is 12.4. The van der Waals surface area contributed by atoms with Crippen molar-refractivity contribution in [3.05, 3.63) is 88.3 Å². The van der Waals surface area contributed by atoms with Gasteiger partial charge < -0.3 is 5.11 Å². The van der Waals surface area contributed by atoms with Gasteiger partial charge >= 0.3 is 156 Å². The zero-order valence-electron chi connectivity index (χ0n) is 24.4. The zero-order valence-corrected chi connectivity index (χ0v) is 27.7. The molecule has 2 aliphatic rings. The van der Waals surface area contributed by atoms with Crippen molar-refractivity contribution >= 4 is 51.5 Å². The number of halogens is 2. The number of piperidine rings is 1. The second kappa shape index (κ2) is 11.9. The fourth-order valence-corrected chi connectivity index (χ4v) is 7.01. The van der Waals surface area contributed by atoms with Crippen molar-refractivity contribution in [1.29, 1.82) is 0 Å². The summed E-state index contributed by atoms with van der Waals surface area (Å²) in [5.41, 5.74) is 3.40.